The molecule has 25 heavy (non-hydrogen) atoms. The fraction of sp³-hybridized carbons (Fsp3) is 0.316. The molecular formula is C19H22ClNO4. The Bertz CT molecular complexity index is 733. The first kappa shape index (κ1) is 18.9. The number of hydrogen-bond acceptors (Lipinski definition) is 4. The Morgan fingerprint density at radius 2 is 1.80 bits per heavy atom. The van der Waals surface area contributed by atoms with Crippen LogP contribution in [-0.4, -0.2) is 33.3 Å². The Hall–Kier alpha value is -2.40. The van der Waals surface area contributed by atoms with Gasteiger partial charge in [0.1, 0.15) is 12.4 Å². The second-order valence-corrected chi connectivity index (χ2v) is 5.91. The molecule has 0 atom stereocenters. The van der Waals surface area contributed by atoms with Crippen LogP contribution in [0, 0.1) is 6.92 Å². The molecule has 0 aliphatic rings. The molecule has 0 aliphatic heterocycles. The number of amides is 1. The van der Waals surface area contributed by atoms with E-state index in [2.05, 4.69) is 5.32 Å². The van der Waals surface area contributed by atoms with Crippen molar-refractivity contribution in [2.24, 2.45) is 0 Å². The Labute approximate surface area is 152 Å². The summed E-state index contributed by atoms with van der Waals surface area (Å²) in [5.74, 6) is 1.77. The van der Waals surface area contributed by atoms with E-state index in [0.717, 1.165) is 11.1 Å². The van der Waals surface area contributed by atoms with Gasteiger partial charge in [0.05, 0.1) is 32.2 Å². The highest BCUT2D eigenvalue weighted by atomic mass is 35.5. The van der Waals surface area contributed by atoms with Crippen LogP contribution >= 0.6 is 11.6 Å². The molecule has 0 saturated heterocycles. The van der Waals surface area contributed by atoms with Gasteiger partial charge >= 0.3 is 0 Å². The molecule has 0 heterocycles. The number of hydrogen-bond donors (Lipinski definition) is 1. The number of halogens is 1. The molecule has 1 amide bonds. The van der Waals surface area contributed by atoms with E-state index in [-0.39, 0.29) is 12.3 Å². The summed E-state index contributed by atoms with van der Waals surface area (Å²) in [7, 11) is 3.14. The fourth-order valence-corrected chi connectivity index (χ4v) is 2.48. The molecule has 5 nitrogen and oxygen atoms in total. The molecule has 134 valence electrons. The van der Waals surface area contributed by atoms with Crippen molar-refractivity contribution in [1.29, 1.82) is 0 Å². The molecule has 6 heteroatoms. The molecule has 0 spiro atoms. The summed E-state index contributed by atoms with van der Waals surface area (Å²) in [6, 6.07) is 11.0. The van der Waals surface area contributed by atoms with Gasteiger partial charge in [0.15, 0.2) is 11.5 Å². The number of carbonyl (C=O) groups excluding carboxylic acids is 1. The van der Waals surface area contributed by atoms with Crippen LogP contribution in [0.3, 0.4) is 0 Å². The van der Waals surface area contributed by atoms with E-state index in [1.807, 2.05) is 25.1 Å². The van der Waals surface area contributed by atoms with Crippen molar-refractivity contribution in [3.05, 3.63) is 52.5 Å². The lowest BCUT2D eigenvalue weighted by Gasteiger charge is -2.11. The average molecular weight is 364 g/mol. The topological polar surface area (TPSA) is 56.8 Å². The minimum absolute atomic E-state index is 0.0915. The Morgan fingerprint density at radius 3 is 2.52 bits per heavy atom. The third-order valence-corrected chi connectivity index (χ3v) is 3.89. The fourth-order valence-electron chi connectivity index (χ4n) is 2.31. The van der Waals surface area contributed by atoms with Crippen molar-refractivity contribution in [2.75, 3.05) is 27.4 Å². The largest absolute Gasteiger partial charge is 0.493 e. The number of rotatable bonds is 8. The van der Waals surface area contributed by atoms with Crippen LogP contribution in [0.2, 0.25) is 5.02 Å². The highest BCUT2D eigenvalue weighted by Gasteiger charge is 2.08. The molecule has 2 aromatic carbocycles. The molecule has 0 radical (unpaired) electrons. The monoisotopic (exact) mass is 363 g/mol. The van der Waals surface area contributed by atoms with Crippen molar-refractivity contribution in [2.45, 2.75) is 13.3 Å². The van der Waals surface area contributed by atoms with Crippen molar-refractivity contribution in [1.82, 2.24) is 5.32 Å². The highest BCUT2D eigenvalue weighted by molar-refractivity contribution is 6.32. The van der Waals surface area contributed by atoms with Gasteiger partial charge in [0, 0.05) is 0 Å². The molecule has 0 unspecified atom stereocenters. The molecular weight excluding hydrogens is 342 g/mol. The van der Waals surface area contributed by atoms with Crippen LogP contribution < -0.4 is 19.5 Å². The predicted octanol–water partition coefficient (Wildman–Crippen LogP) is 3.40. The van der Waals surface area contributed by atoms with E-state index >= 15 is 0 Å². The van der Waals surface area contributed by atoms with Crippen LogP contribution in [0.25, 0.3) is 0 Å². The highest BCUT2D eigenvalue weighted by Crippen LogP contribution is 2.27. The zero-order chi connectivity index (χ0) is 18.2. The van der Waals surface area contributed by atoms with Gasteiger partial charge < -0.3 is 19.5 Å². The lowest BCUT2D eigenvalue weighted by molar-refractivity contribution is -0.120. The first-order valence-corrected chi connectivity index (χ1v) is 8.28. The summed E-state index contributed by atoms with van der Waals surface area (Å²) in [4.78, 5) is 12.0. The number of benzene rings is 2. The minimum Gasteiger partial charge on any atom is -0.493 e. The van der Waals surface area contributed by atoms with Gasteiger partial charge in [0.25, 0.3) is 0 Å². The van der Waals surface area contributed by atoms with E-state index in [1.54, 1.807) is 32.4 Å². The molecule has 1 N–H and O–H groups in total. The maximum absolute atomic E-state index is 12.0. The number of aryl methyl sites for hydroxylation is 1. The van der Waals surface area contributed by atoms with Crippen LogP contribution in [0.5, 0.6) is 17.2 Å². The molecule has 0 aromatic heterocycles. The second kappa shape index (κ2) is 9.18. The maximum atomic E-state index is 12.0. The van der Waals surface area contributed by atoms with Crippen molar-refractivity contribution < 1.29 is 19.0 Å². The van der Waals surface area contributed by atoms with Gasteiger partial charge in [-0.25, -0.2) is 0 Å². The lowest BCUT2D eigenvalue weighted by Crippen LogP contribution is -2.29. The van der Waals surface area contributed by atoms with E-state index < -0.39 is 0 Å². The van der Waals surface area contributed by atoms with Crippen LogP contribution in [0.15, 0.2) is 36.4 Å². The Balaban J connectivity index is 1.80. The quantitative estimate of drug-likeness (QED) is 0.730. The van der Waals surface area contributed by atoms with Crippen molar-refractivity contribution in [3.8, 4) is 17.2 Å². The minimum atomic E-state index is -0.0915. The molecule has 0 aliphatic carbocycles. The molecule has 2 aromatic rings. The normalized spacial score (nSPS) is 10.2. The number of ether oxygens (including phenoxy) is 3. The molecule has 2 rings (SSSR count). The second-order valence-electron chi connectivity index (χ2n) is 5.50. The smallest absolute Gasteiger partial charge is 0.224 e. The van der Waals surface area contributed by atoms with Gasteiger partial charge in [-0.15, -0.1) is 0 Å². The lowest BCUT2D eigenvalue weighted by atomic mass is 10.1. The van der Waals surface area contributed by atoms with E-state index in [9.17, 15) is 4.79 Å². The van der Waals surface area contributed by atoms with E-state index in [1.165, 1.54) is 0 Å². The standard InChI is InChI=1S/C19H22ClNO4/c1-13-4-6-15(20)17(10-13)25-9-8-21-19(22)12-14-5-7-16(23-2)18(11-14)24-3/h4-7,10-11H,8-9,12H2,1-3H3,(H,21,22). The summed E-state index contributed by atoms with van der Waals surface area (Å²) < 4.78 is 16.0. The first-order valence-electron chi connectivity index (χ1n) is 7.90. The van der Waals surface area contributed by atoms with Crippen molar-refractivity contribution >= 4 is 17.5 Å². The average Bonchev–Trinajstić information content (AvgIpc) is 2.61. The predicted molar refractivity (Wildman–Crippen MR) is 97.9 cm³/mol. The van der Waals surface area contributed by atoms with Crippen LogP contribution in [0.1, 0.15) is 11.1 Å². The SMILES string of the molecule is COc1ccc(CC(=O)NCCOc2cc(C)ccc2Cl)cc1OC. The van der Waals surface area contributed by atoms with Gasteiger partial charge in [0.2, 0.25) is 5.91 Å². The third kappa shape index (κ3) is 5.57. The zero-order valence-electron chi connectivity index (χ0n) is 14.6. The molecule has 0 saturated carbocycles. The summed E-state index contributed by atoms with van der Waals surface area (Å²) in [5, 5.41) is 3.38. The van der Waals surface area contributed by atoms with E-state index in [0.29, 0.717) is 35.4 Å². The van der Waals surface area contributed by atoms with Crippen molar-refractivity contribution in [3.63, 3.8) is 0 Å². The molecule has 0 bridgehead atoms. The summed E-state index contributed by atoms with van der Waals surface area (Å²) in [5.41, 5.74) is 1.91. The molecule has 0 fully saturated rings. The van der Waals surface area contributed by atoms with E-state index in [4.69, 9.17) is 25.8 Å². The summed E-state index contributed by atoms with van der Waals surface area (Å²) >= 11 is 6.06. The van der Waals surface area contributed by atoms with Gasteiger partial charge in [-0.2, -0.15) is 0 Å². The third-order valence-electron chi connectivity index (χ3n) is 3.58. The Kier molecular flexibility index (Phi) is 6.95. The Morgan fingerprint density at radius 1 is 1.04 bits per heavy atom. The van der Waals surface area contributed by atoms with Gasteiger partial charge in [-0.3, -0.25) is 4.79 Å². The summed E-state index contributed by atoms with van der Waals surface area (Å²) in [6.45, 7) is 2.71. The van der Waals surface area contributed by atoms with Gasteiger partial charge in [-0.1, -0.05) is 23.7 Å². The zero-order valence-corrected chi connectivity index (χ0v) is 15.4. The first-order chi connectivity index (χ1) is 12.0. The number of nitrogens with one attached hydrogen (secondary N) is 1. The van der Waals surface area contributed by atoms with Crippen LogP contribution in [0.4, 0.5) is 0 Å². The van der Waals surface area contributed by atoms with Gasteiger partial charge in [-0.05, 0) is 42.3 Å². The summed E-state index contributed by atoms with van der Waals surface area (Å²) in [6.07, 6.45) is 0.256. The number of carbonyl (C=O) groups is 1. The number of methoxy groups -OCH3 is 2. The maximum Gasteiger partial charge on any atom is 0.224 e. The van der Waals surface area contributed by atoms with Crippen LogP contribution in [-0.2, 0) is 11.2 Å².